The van der Waals surface area contributed by atoms with Crippen molar-refractivity contribution in [3.63, 3.8) is 0 Å². The molecule has 2 aliphatic heterocycles. The molecule has 27 heavy (non-hydrogen) atoms. The molecule has 4 nitrogen and oxygen atoms in total. The van der Waals surface area contributed by atoms with Crippen molar-refractivity contribution >= 4 is 56.2 Å². The lowest BCUT2D eigenvalue weighted by Gasteiger charge is -2.47. The van der Waals surface area contributed by atoms with Gasteiger partial charge in [-0.2, -0.15) is 0 Å². The molecule has 7 heteroatoms. The highest BCUT2D eigenvalue weighted by atomic mass is 35.5. The van der Waals surface area contributed by atoms with E-state index >= 15 is 0 Å². The van der Waals surface area contributed by atoms with Crippen molar-refractivity contribution in [3.05, 3.63) is 45.1 Å². The highest BCUT2D eigenvalue weighted by molar-refractivity contribution is 7.21. The fourth-order valence-corrected chi connectivity index (χ4v) is 6.31. The van der Waals surface area contributed by atoms with E-state index in [-0.39, 0.29) is 17.4 Å². The van der Waals surface area contributed by atoms with Crippen molar-refractivity contribution in [2.24, 2.45) is 0 Å². The van der Waals surface area contributed by atoms with E-state index in [1.165, 1.54) is 21.1 Å². The van der Waals surface area contributed by atoms with Gasteiger partial charge in [-0.1, -0.05) is 23.7 Å². The minimum atomic E-state index is -0.208. The number of nitrogens with zero attached hydrogens (tertiary/aromatic N) is 1. The molecule has 0 aliphatic carbocycles. The van der Waals surface area contributed by atoms with Crippen LogP contribution in [0.2, 0.25) is 5.02 Å². The number of likely N-dealkylation sites (tertiary alicyclic amines) is 1. The van der Waals surface area contributed by atoms with Crippen molar-refractivity contribution in [3.8, 4) is 10.4 Å². The number of nitrogens with one attached hydrogen (secondary N) is 1. The number of fused-ring (bicyclic) bond motifs is 1. The molecule has 5 rings (SSSR count). The Labute approximate surface area is 169 Å². The van der Waals surface area contributed by atoms with Gasteiger partial charge in [0.2, 0.25) is 5.91 Å². The van der Waals surface area contributed by atoms with Gasteiger partial charge >= 0.3 is 0 Å². The van der Waals surface area contributed by atoms with Crippen LogP contribution in [0, 0.1) is 6.92 Å². The fraction of sp³-hybridized carbons (Fsp3) is 0.300. The van der Waals surface area contributed by atoms with Crippen LogP contribution >= 0.6 is 34.3 Å². The molecule has 2 aromatic heterocycles. The molecule has 2 amide bonds. The van der Waals surface area contributed by atoms with Crippen LogP contribution in [0.5, 0.6) is 0 Å². The summed E-state index contributed by atoms with van der Waals surface area (Å²) in [5.74, 6) is 0.0415. The maximum atomic E-state index is 12.9. The molecular weight excluding hydrogens is 400 g/mol. The zero-order chi connectivity index (χ0) is 18.8. The molecule has 2 saturated heterocycles. The first kappa shape index (κ1) is 17.2. The minimum absolute atomic E-state index is 0.0403. The number of carbonyl (C=O) groups excluding carboxylic acids is 2. The fourth-order valence-electron chi connectivity index (χ4n) is 3.93. The van der Waals surface area contributed by atoms with Crippen LogP contribution in [-0.2, 0) is 4.79 Å². The van der Waals surface area contributed by atoms with E-state index in [4.69, 9.17) is 11.6 Å². The van der Waals surface area contributed by atoms with Crippen LogP contribution in [-0.4, -0.2) is 35.3 Å². The molecule has 138 valence electrons. The lowest BCUT2D eigenvalue weighted by atomic mass is 9.88. The smallest absolute Gasteiger partial charge is 0.265 e. The van der Waals surface area contributed by atoms with E-state index in [1.54, 1.807) is 16.2 Å². The van der Waals surface area contributed by atoms with Gasteiger partial charge in [0, 0.05) is 39.4 Å². The van der Waals surface area contributed by atoms with Crippen molar-refractivity contribution in [2.75, 3.05) is 13.1 Å². The molecule has 2 fully saturated rings. The second kappa shape index (κ2) is 6.06. The molecule has 3 aromatic rings. The number of thiophene rings is 2. The number of halogens is 1. The molecule has 0 bridgehead atoms. The molecule has 1 spiro atoms. The summed E-state index contributed by atoms with van der Waals surface area (Å²) in [5.41, 5.74) is 0.939. The summed E-state index contributed by atoms with van der Waals surface area (Å²) < 4.78 is 1.02. The first-order chi connectivity index (χ1) is 12.9. The normalized spacial score (nSPS) is 18.1. The Balaban J connectivity index is 1.43. The van der Waals surface area contributed by atoms with Gasteiger partial charge in [0.25, 0.3) is 5.91 Å². The van der Waals surface area contributed by atoms with Gasteiger partial charge in [0.15, 0.2) is 0 Å². The quantitative estimate of drug-likeness (QED) is 0.658. The van der Waals surface area contributed by atoms with Gasteiger partial charge < -0.3 is 10.2 Å². The molecule has 0 radical (unpaired) electrons. The Morgan fingerprint density at radius 1 is 1.22 bits per heavy atom. The van der Waals surface area contributed by atoms with Crippen LogP contribution in [0.3, 0.4) is 0 Å². The maximum absolute atomic E-state index is 12.9. The van der Waals surface area contributed by atoms with Gasteiger partial charge in [0.1, 0.15) is 4.88 Å². The number of aryl methyl sites for hydroxylation is 1. The highest BCUT2D eigenvalue weighted by Crippen LogP contribution is 2.41. The highest BCUT2D eigenvalue weighted by Gasteiger charge is 2.49. The number of hydrogen-bond donors (Lipinski definition) is 1. The predicted molar refractivity (Wildman–Crippen MR) is 111 cm³/mol. The van der Waals surface area contributed by atoms with Crippen LogP contribution in [0.4, 0.5) is 0 Å². The van der Waals surface area contributed by atoms with Gasteiger partial charge in [0.05, 0.1) is 10.6 Å². The number of benzene rings is 1. The van der Waals surface area contributed by atoms with Crippen LogP contribution < -0.4 is 5.32 Å². The average Bonchev–Trinajstić information content (AvgIpc) is 3.30. The Kier molecular flexibility index (Phi) is 3.86. The van der Waals surface area contributed by atoms with Gasteiger partial charge in [-0.15, -0.1) is 22.7 Å². The maximum Gasteiger partial charge on any atom is 0.265 e. The molecule has 0 atom stereocenters. The summed E-state index contributed by atoms with van der Waals surface area (Å²) >= 11 is 9.76. The van der Waals surface area contributed by atoms with E-state index in [9.17, 15) is 9.59 Å². The number of hydrogen-bond acceptors (Lipinski definition) is 4. The largest absolute Gasteiger partial charge is 0.347 e. The molecule has 0 saturated carbocycles. The topological polar surface area (TPSA) is 49.4 Å². The Hall–Kier alpha value is -1.89. The van der Waals surface area contributed by atoms with E-state index in [0.717, 1.165) is 22.1 Å². The van der Waals surface area contributed by atoms with Crippen molar-refractivity contribution in [1.82, 2.24) is 10.2 Å². The molecule has 4 heterocycles. The molecular formula is C20H17ClN2O2S2. The second-order valence-electron chi connectivity index (χ2n) is 7.36. The Morgan fingerprint density at radius 3 is 2.70 bits per heavy atom. The standard InChI is InChI=1S/C20H17ClN2O2S2/c1-11-2-5-14(26-11)12-3-4-13-15(8-12)27-18(17(13)21)19(25)23-9-20(10-23)7-6-16(24)22-20/h2-5,8H,6-7,9-10H2,1H3,(H,22,24). The average molecular weight is 417 g/mol. The summed E-state index contributed by atoms with van der Waals surface area (Å²) in [6, 6.07) is 10.4. The minimum Gasteiger partial charge on any atom is -0.347 e. The van der Waals surface area contributed by atoms with Gasteiger partial charge in [-0.25, -0.2) is 0 Å². The lowest BCUT2D eigenvalue weighted by Crippen LogP contribution is -2.68. The zero-order valence-corrected chi connectivity index (χ0v) is 17.1. The summed E-state index contributed by atoms with van der Waals surface area (Å²) in [6.45, 7) is 3.24. The number of carbonyl (C=O) groups is 2. The first-order valence-electron chi connectivity index (χ1n) is 8.83. The van der Waals surface area contributed by atoms with E-state index < -0.39 is 0 Å². The lowest BCUT2D eigenvalue weighted by molar-refractivity contribution is -0.120. The summed E-state index contributed by atoms with van der Waals surface area (Å²) in [6.07, 6.45) is 1.36. The predicted octanol–water partition coefficient (Wildman–Crippen LogP) is 4.70. The Morgan fingerprint density at radius 2 is 2.04 bits per heavy atom. The zero-order valence-electron chi connectivity index (χ0n) is 14.7. The molecule has 2 aliphatic rings. The third kappa shape index (κ3) is 2.78. The van der Waals surface area contributed by atoms with E-state index in [0.29, 0.717) is 29.4 Å². The summed E-state index contributed by atoms with van der Waals surface area (Å²) in [7, 11) is 0. The number of rotatable bonds is 2. The monoisotopic (exact) mass is 416 g/mol. The SMILES string of the molecule is Cc1ccc(-c2ccc3c(Cl)c(C(=O)N4CC5(CCC(=O)N5)C4)sc3c2)s1. The van der Waals surface area contributed by atoms with Gasteiger partial charge in [-0.05, 0) is 37.1 Å². The third-order valence-corrected chi connectivity index (χ3v) is 8.05. The molecule has 1 N–H and O–H groups in total. The molecule has 0 unspecified atom stereocenters. The van der Waals surface area contributed by atoms with Crippen molar-refractivity contribution < 1.29 is 9.59 Å². The number of amides is 2. The van der Waals surface area contributed by atoms with Gasteiger partial charge in [-0.3, -0.25) is 9.59 Å². The van der Waals surface area contributed by atoms with Crippen LogP contribution in [0.1, 0.15) is 27.4 Å². The third-order valence-electron chi connectivity index (χ3n) is 5.36. The second-order valence-corrected chi connectivity index (χ2v) is 10.1. The Bertz CT molecular complexity index is 1090. The van der Waals surface area contributed by atoms with Crippen LogP contribution in [0.15, 0.2) is 30.3 Å². The summed E-state index contributed by atoms with van der Waals surface area (Å²) in [5, 5.41) is 4.47. The molecule has 1 aromatic carbocycles. The van der Waals surface area contributed by atoms with Crippen molar-refractivity contribution in [1.29, 1.82) is 0 Å². The first-order valence-corrected chi connectivity index (χ1v) is 10.8. The summed E-state index contributed by atoms with van der Waals surface area (Å²) in [4.78, 5) is 29.3. The van der Waals surface area contributed by atoms with E-state index in [2.05, 4.69) is 36.5 Å². The van der Waals surface area contributed by atoms with Crippen molar-refractivity contribution in [2.45, 2.75) is 25.3 Å². The van der Waals surface area contributed by atoms with E-state index in [1.807, 2.05) is 6.07 Å². The van der Waals surface area contributed by atoms with Crippen LogP contribution in [0.25, 0.3) is 20.5 Å².